The number of rotatable bonds is 4. The Morgan fingerprint density at radius 2 is 1.89 bits per heavy atom. The van der Waals surface area contributed by atoms with Crippen LogP contribution in [0.2, 0.25) is 0 Å². The predicted octanol–water partition coefficient (Wildman–Crippen LogP) is 5.12. The number of furan rings is 1. The second kappa shape index (κ2) is 6.31. The second-order valence-corrected chi connectivity index (χ2v) is 7.15. The van der Waals surface area contributed by atoms with Gasteiger partial charge in [0.2, 0.25) is 5.91 Å². The zero-order valence-electron chi connectivity index (χ0n) is 15.4. The first-order valence-corrected chi connectivity index (χ1v) is 9.61. The van der Waals surface area contributed by atoms with Crippen molar-refractivity contribution in [2.45, 2.75) is 32.4 Å². The number of nitrogens with zero attached hydrogens (tertiary/aromatic N) is 2. The molecule has 0 aliphatic carbocycles. The lowest BCUT2D eigenvalue weighted by Crippen LogP contribution is -2.30. The first-order chi connectivity index (χ1) is 13.3. The maximum atomic E-state index is 12.5. The van der Waals surface area contributed by atoms with Crippen molar-refractivity contribution in [3.05, 3.63) is 72.2 Å². The fraction of sp³-hybridized carbons (Fsp3) is 0.261. The molecule has 5 rings (SSSR count). The molecule has 0 saturated carbocycles. The van der Waals surface area contributed by atoms with Gasteiger partial charge in [-0.25, -0.2) is 0 Å². The number of likely N-dealkylation sites (tertiary alicyclic amines) is 1. The van der Waals surface area contributed by atoms with Gasteiger partial charge in [-0.05, 0) is 49.2 Å². The van der Waals surface area contributed by atoms with E-state index in [2.05, 4.69) is 54.0 Å². The van der Waals surface area contributed by atoms with Crippen molar-refractivity contribution in [2.24, 2.45) is 0 Å². The minimum atomic E-state index is -0.164. The zero-order valence-corrected chi connectivity index (χ0v) is 15.4. The van der Waals surface area contributed by atoms with Gasteiger partial charge in [-0.1, -0.05) is 24.3 Å². The van der Waals surface area contributed by atoms with E-state index < -0.39 is 0 Å². The highest BCUT2D eigenvalue weighted by Gasteiger charge is 2.32. The van der Waals surface area contributed by atoms with E-state index in [1.165, 1.54) is 21.8 Å². The summed E-state index contributed by atoms with van der Waals surface area (Å²) >= 11 is 0. The number of benzene rings is 2. The number of carbonyl (C=O) groups is 1. The predicted molar refractivity (Wildman–Crippen MR) is 107 cm³/mol. The van der Waals surface area contributed by atoms with Crippen molar-refractivity contribution in [1.29, 1.82) is 0 Å². The van der Waals surface area contributed by atoms with Crippen LogP contribution in [-0.4, -0.2) is 21.9 Å². The Bertz CT molecular complexity index is 1120. The van der Waals surface area contributed by atoms with Gasteiger partial charge in [0.15, 0.2) is 0 Å². The number of carbonyl (C=O) groups excluding carboxylic acids is 1. The SMILES string of the molecule is CCn1c2ccccc2c2cc(C(c3ccco3)N3CCCC3=O)ccc21. The van der Waals surface area contributed by atoms with Crippen molar-refractivity contribution >= 4 is 27.7 Å². The van der Waals surface area contributed by atoms with E-state index in [9.17, 15) is 4.79 Å². The van der Waals surface area contributed by atoms with E-state index in [-0.39, 0.29) is 11.9 Å². The van der Waals surface area contributed by atoms with Crippen LogP contribution in [0, 0.1) is 0 Å². The van der Waals surface area contributed by atoms with Gasteiger partial charge in [0.1, 0.15) is 11.8 Å². The molecule has 4 aromatic rings. The normalized spacial score (nSPS) is 15.9. The number of hydrogen-bond acceptors (Lipinski definition) is 2. The Kier molecular flexibility index (Phi) is 3.78. The number of para-hydroxylation sites is 1. The smallest absolute Gasteiger partial charge is 0.223 e. The molecule has 2 aromatic carbocycles. The largest absolute Gasteiger partial charge is 0.467 e. The van der Waals surface area contributed by atoms with Gasteiger partial charge in [-0.3, -0.25) is 4.79 Å². The van der Waals surface area contributed by atoms with Crippen molar-refractivity contribution in [3.63, 3.8) is 0 Å². The summed E-state index contributed by atoms with van der Waals surface area (Å²) < 4.78 is 8.08. The Morgan fingerprint density at radius 3 is 2.63 bits per heavy atom. The van der Waals surface area contributed by atoms with Crippen LogP contribution in [-0.2, 0) is 11.3 Å². The lowest BCUT2D eigenvalue weighted by atomic mass is 10.00. The van der Waals surface area contributed by atoms with Crippen LogP contribution in [0.5, 0.6) is 0 Å². The Morgan fingerprint density at radius 1 is 1.04 bits per heavy atom. The van der Waals surface area contributed by atoms with Crippen LogP contribution in [0.3, 0.4) is 0 Å². The molecule has 1 aliphatic heterocycles. The average Bonchev–Trinajstić information content (AvgIpc) is 3.42. The number of amides is 1. The molecule has 1 atom stereocenters. The average molecular weight is 358 g/mol. The number of aromatic nitrogens is 1. The summed E-state index contributed by atoms with van der Waals surface area (Å²) in [6, 6.07) is 18.8. The first-order valence-electron chi connectivity index (χ1n) is 9.61. The van der Waals surface area contributed by atoms with Crippen molar-refractivity contribution in [1.82, 2.24) is 9.47 Å². The number of fused-ring (bicyclic) bond motifs is 3. The standard InChI is InChI=1S/C23H22N2O2/c1-2-24-19-8-4-3-7-17(19)18-15-16(11-12-20(18)24)23(21-9-6-14-27-21)25-13-5-10-22(25)26/h3-4,6-9,11-12,14-15,23H,2,5,10,13H2,1H3. The molecule has 3 heterocycles. The summed E-state index contributed by atoms with van der Waals surface area (Å²) in [4.78, 5) is 14.4. The van der Waals surface area contributed by atoms with E-state index in [0.717, 1.165) is 30.8 Å². The van der Waals surface area contributed by atoms with Gasteiger partial charge in [-0.2, -0.15) is 0 Å². The zero-order chi connectivity index (χ0) is 18.4. The Hall–Kier alpha value is -3.01. The van der Waals surface area contributed by atoms with Crippen LogP contribution >= 0.6 is 0 Å². The van der Waals surface area contributed by atoms with Gasteiger partial charge in [0, 0.05) is 41.3 Å². The minimum Gasteiger partial charge on any atom is -0.467 e. The molecule has 1 amide bonds. The molecule has 1 unspecified atom stereocenters. The first kappa shape index (κ1) is 16.2. The molecule has 2 aromatic heterocycles. The fourth-order valence-corrected chi connectivity index (χ4v) is 4.47. The van der Waals surface area contributed by atoms with Gasteiger partial charge in [-0.15, -0.1) is 0 Å². The molecule has 1 aliphatic rings. The van der Waals surface area contributed by atoms with Gasteiger partial charge < -0.3 is 13.9 Å². The summed E-state index contributed by atoms with van der Waals surface area (Å²) in [5, 5.41) is 2.48. The van der Waals surface area contributed by atoms with Crippen LogP contribution in [0.4, 0.5) is 0 Å². The monoisotopic (exact) mass is 358 g/mol. The molecule has 4 nitrogen and oxygen atoms in total. The maximum absolute atomic E-state index is 12.5. The summed E-state index contributed by atoms with van der Waals surface area (Å²) in [5.74, 6) is 1.02. The molecule has 0 spiro atoms. The van der Waals surface area contributed by atoms with Gasteiger partial charge >= 0.3 is 0 Å². The highest BCUT2D eigenvalue weighted by atomic mass is 16.3. The van der Waals surface area contributed by atoms with Gasteiger partial charge in [0.25, 0.3) is 0 Å². The van der Waals surface area contributed by atoms with Crippen LogP contribution in [0.25, 0.3) is 21.8 Å². The molecule has 4 heteroatoms. The van der Waals surface area contributed by atoms with E-state index in [1.807, 2.05) is 17.0 Å². The highest BCUT2D eigenvalue weighted by molar-refractivity contribution is 6.08. The quantitative estimate of drug-likeness (QED) is 0.508. The highest BCUT2D eigenvalue weighted by Crippen LogP contribution is 2.36. The maximum Gasteiger partial charge on any atom is 0.223 e. The lowest BCUT2D eigenvalue weighted by molar-refractivity contribution is -0.129. The molecule has 0 radical (unpaired) electrons. The molecule has 136 valence electrons. The molecule has 0 N–H and O–H groups in total. The number of aryl methyl sites for hydroxylation is 1. The minimum absolute atomic E-state index is 0.164. The molecule has 0 bridgehead atoms. The Balaban J connectivity index is 1.73. The van der Waals surface area contributed by atoms with Crippen molar-refractivity contribution < 1.29 is 9.21 Å². The van der Waals surface area contributed by atoms with Crippen LogP contribution in [0.1, 0.15) is 37.1 Å². The molecular weight excluding hydrogens is 336 g/mol. The topological polar surface area (TPSA) is 38.4 Å². The summed E-state index contributed by atoms with van der Waals surface area (Å²) in [6.45, 7) is 3.88. The third kappa shape index (κ3) is 2.47. The number of hydrogen-bond donors (Lipinski definition) is 0. The van der Waals surface area contributed by atoms with Crippen molar-refractivity contribution in [3.8, 4) is 0 Å². The Labute approximate surface area is 158 Å². The molecular formula is C23H22N2O2. The third-order valence-corrected chi connectivity index (χ3v) is 5.66. The van der Waals surface area contributed by atoms with E-state index in [0.29, 0.717) is 6.42 Å². The molecule has 1 fully saturated rings. The summed E-state index contributed by atoms with van der Waals surface area (Å²) in [7, 11) is 0. The van der Waals surface area contributed by atoms with E-state index in [4.69, 9.17) is 4.42 Å². The van der Waals surface area contributed by atoms with E-state index in [1.54, 1.807) is 6.26 Å². The van der Waals surface area contributed by atoms with Crippen molar-refractivity contribution in [2.75, 3.05) is 6.54 Å². The lowest BCUT2D eigenvalue weighted by Gasteiger charge is -2.26. The van der Waals surface area contributed by atoms with Crippen LogP contribution in [0.15, 0.2) is 65.3 Å². The molecule has 27 heavy (non-hydrogen) atoms. The van der Waals surface area contributed by atoms with Crippen LogP contribution < -0.4 is 0 Å². The summed E-state index contributed by atoms with van der Waals surface area (Å²) in [5.41, 5.74) is 3.58. The fourth-order valence-electron chi connectivity index (χ4n) is 4.47. The third-order valence-electron chi connectivity index (χ3n) is 5.66. The molecule has 1 saturated heterocycles. The second-order valence-electron chi connectivity index (χ2n) is 7.15. The summed E-state index contributed by atoms with van der Waals surface area (Å²) in [6.07, 6.45) is 3.21. The van der Waals surface area contributed by atoms with E-state index >= 15 is 0 Å². The van der Waals surface area contributed by atoms with Gasteiger partial charge in [0.05, 0.1) is 6.26 Å².